The van der Waals surface area contributed by atoms with Gasteiger partial charge in [-0.05, 0) is 36.4 Å². The lowest BCUT2D eigenvalue weighted by Gasteiger charge is -2.02. The molecule has 116 valence electrons. The predicted octanol–water partition coefficient (Wildman–Crippen LogP) is 4.88. The second-order valence-corrected chi connectivity index (χ2v) is 5.68. The fourth-order valence-electron chi connectivity index (χ4n) is 2.16. The summed E-state index contributed by atoms with van der Waals surface area (Å²) in [7, 11) is 0. The number of hydrogen-bond donors (Lipinski definition) is 1. The third-order valence-electron chi connectivity index (χ3n) is 3.23. The minimum atomic E-state index is -0.462. The number of fused-ring (bicyclic) bond motifs is 1. The number of H-pyrrole nitrogens is 1. The van der Waals surface area contributed by atoms with E-state index in [4.69, 9.17) is 27.9 Å². The Morgan fingerprint density at radius 2 is 2.00 bits per heavy atom. The monoisotopic (exact) mass is 346 g/mol. The van der Waals surface area contributed by atoms with Gasteiger partial charge in [-0.25, -0.2) is 9.78 Å². The van der Waals surface area contributed by atoms with E-state index in [-0.39, 0.29) is 6.61 Å². The first kappa shape index (κ1) is 15.6. The van der Waals surface area contributed by atoms with Crippen molar-refractivity contribution in [3.63, 3.8) is 0 Å². The van der Waals surface area contributed by atoms with Crippen molar-refractivity contribution in [2.45, 2.75) is 0 Å². The maximum Gasteiger partial charge on any atom is 0.338 e. The topological polar surface area (TPSA) is 55.0 Å². The van der Waals surface area contributed by atoms with Crippen LogP contribution < -0.4 is 0 Å². The van der Waals surface area contributed by atoms with Gasteiger partial charge in [0, 0.05) is 10.6 Å². The molecule has 0 radical (unpaired) electrons. The third-order valence-corrected chi connectivity index (χ3v) is 3.77. The first-order valence-corrected chi connectivity index (χ1v) is 7.57. The zero-order chi connectivity index (χ0) is 16.4. The molecule has 0 fully saturated rings. The minimum absolute atomic E-state index is 0.146. The van der Waals surface area contributed by atoms with Gasteiger partial charge in [-0.15, -0.1) is 0 Å². The number of carbonyl (C=O) groups excluding carboxylic acids is 1. The van der Waals surface area contributed by atoms with Crippen LogP contribution in [0.3, 0.4) is 0 Å². The van der Waals surface area contributed by atoms with Gasteiger partial charge in [0.25, 0.3) is 0 Å². The molecule has 3 aromatic rings. The van der Waals surface area contributed by atoms with Crippen molar-refractivity contribution >= 4 is 40.2 Å². The molecule has 23 heavy (non-hydrogen) atoms. The van der Waals surface area contributed by atoms with E-state index in [9.17, 15) is 4.79 Å². The van der Waals surface area contributed by atoms with Crippen LogP contribution in [0.15, 0.2) is 49.1 Å². The molecule has 1 aromatic heterocycles. The molecular weight excluding hydrogens is 335 g/mol. The van der Waals surface area contributed by atoms with Gasteiger partial charge in [0.05, 0.1) is 16.1 Å². The number of aromatic nitrogens is 2. The molecule has 0 aliphatic rings. The van der Waals surface area contributed by atoms with E-state index in [1.807, 2.05) is 12.1 Å². The van der Waals surface area contributed by atoms with Gasteiger partial charge in [-0.1, -0.05) is 35.9 Å². The Bertz CT molecular complexity index is 885. The molecule has 2 aromatic carbocycles. The van der Waals surface area contributed by atoms with Crippen molar-refractivity contribution < 1.29 is 9.53 Å². The molecule has 3 rings (SSSR count). The quantitative estimate of drug-likeness (QED) is 0.541. The van der Waals surface area contributed by atoms with E-state index < -0.39 is 5.97 Å². The van der Waals surface area contributed by atoms with Crippen LogP contribution in [0.25, 0.3) is 22.4 Å². The number of ether oxygens (including phenoxy) is 1. The van der Waals surface area contributed by atoms with E-state index in [1.54, 1.807) is 24.3 Å². The summed E-state index contributed by atoms with van der Waals surface area (Å²) in [5, 5.41) is 1.03. The van der Waals surface area contributed by atoms with Crippen LogP contribution in [0.5, 0.6) is 0 Å². The number of aromatic amines is 1. The Balaban J connectivity index is 2.02. The summed E-state index contributed by atoms with van der Waals surface area (Å²) in [5.41, 5.74) is 2.48. The fourth-order valence-corrected chi connectivity index (χ4v) is 2.54. The molecule has 1 N–H and O–H groups in total. The molecule has 0 saturated heterocycles. The first-order chi connectivity index (χ1) is 11.1. The molecule has 0 atom stereocenters. The van der Waals surface area contributed by atoms with Gasteiger partial charge in [0.2, 0.25) is 0 Å². The Morgan fingerprint density at radius 1 is 1.26 bits per heavy atom. The standard InChI is InChI=1S/C17H12Cl2N2O2/c1-2-7-23-17(22)11-8-13(19)15-14(9-11)20-16(21-15)10-3-5-12(18)6-4-10/h2-6,8-9H,1,7H2,(H,20,21). The second-order valence-electron chi connectivity index (χ2n) is 4.83. The SMILES string of the molecule is C=CCOC(=O)c1cc(Cl)c2nc(-c3ccc(Cl)cc3)[nH]c2c1. The van der Waals surface area contributed by atoms with Crippen molar-refractivity contribution in [3.8, 4) is 11.4 Å². The first-order valence-electron chi connectivity index (χ1n) is 6.81. The number of carbonyl (C=O) groups is 1. The molecular formula is C17H12Cl2N2O2. The van der Waals surface area contributed by atoms with Crippen molar-refractivity contribution in [2.24, 2.45) is 0 Å². The summed E-state index contributed by atoms with van der Waals surface area (Å²) < 4.78 is 5.02. The van der Waals surface area contributed by atoms with Gasteiger partial charge >= 0.3 is 5.97 Å². The highest BCUT2D eigenvalue weighted by Gasteiger charge is 2.14. The zero-order valence-electron chi connectivity index (χ0n) is 12.0. The lowest BCUT2D eigenvalue weighted by molar-refractivity contribution is 0.0550. The highest BCUT2D eigenvalue weighted by molar-refractivity contribution is 6.35. The summed E-state index contributed by atoms with van der Waals surface area (Å²) in [4.78, 5) is 19.6. The van der Waals surface area contributed by atoms with Crippen LogP contribution in [0.2, 0.25) is 10.0 Å². The Kier molecular flexibility index (Phi) is 4.37. The van der Waals surface area contributed by atoms with Gasteiger partial charge < -0.3 is 9.72 Å². The zero-order valence-corrected chi connectivity index (χ0v) is 13.5. The number of nitrogens with zero attached hydrogens (tertiary/aromatic N) is 1. The van der Waals surface area contributed by atoms with E-state index >= 15 is 0 Å². The van der Waals surface area contributed by atoms with Crippen molar-refractivity contribution in [1.82, 2.24) is 9.97 Å². The highest BCUT2D eigenvalue weighted by atomic mass is 35.5. The summed E-state index contributed by atoms with van der Waals surface area (Å²) in [6, 6.07) is 10.5. The molecule has 1 heterocycles. The summed E-state index contributed by atoms with van der Waals surface area (Å²) >= 11 is 12.1. The summed E-state index contributed by atoms with van der Waals surface area (Å²) in [6.07, 6.45) is 1.51. The molecule has 0 saturated carbocycles. The lowest BCUT2D eigenvalue weighted by Crippen LogP contribution is -2.04. The molecule has 0 bridgehead atoms. The highest BCUT2D eigenvalue weighted by Crippen LogP contribution is 2.28. The van der Waals surface area contributed by atoms with Crippen LogP contribution in [-0.4, -0.2) is 22.5 Å². The van der Waals surface area contributed by atoms with Crippen LogP contribution in [0.1, 0.15) is 10.4 Å². The molecule has 4 nitrogen and oxygen atoms in total. The molecule has 0 unspecified atom stereocenters. The average Bonchev–Trinajstić information content (AvgIpc) is 2.98. The largest absolute Gasteiger partial charge is 0.458 e. The van der Waals surface area contributed by atoms with Crippen LogP contribution in [0, 0.1) is 0 Å². The van der Waals surface area contributed by atoms with E-state index in [0.29, 0.717) is 32.5 Å². The normalized spacial score (nSPS) is 10.7. The number of nitrogens with one attached hydrogen (secondary N) is 1. The molecule has 0 aliphatic carbocycles. The predicted molar refractivity (Wildman–Crippen MR) is 92.0 cm³/mol. The van der Waals surface area contributed by atoms with E-state index in [0.717, 1.165) is 5.56 Å². The second kappa shape index (κ2) is 6.44. The van der Waals surface area contributed by atoms with Gasteiger partial charge in [-0.3, -0.25) is 0 Å². The van der Waals surface area contributed by atoms with Crippen molar-refractivity contribution in [1.29, 1.82) is 0 Å². The molecule has 0 amide bonds. The van der Waals surface area contributed by atoms with Crippen LogP contribution in [0.4, 0.5) is 0 Å². The Labute approximate surface area is 142 Å². The number of rotatable bonds is 4. The van der Waals surface area contributed by atoms with Crippen LogP contribution >= 0.6 is 23.2 Å². The number of esters is 1. The average molecular weight is 347 g/mol. The van der Waals surface area contributed by atoms with E-state index in [1.165, 1.54) is 6.08 Å². The van der Waals surface area contributed by atoms with Crippen molar-refractivity contribution in [2.75, 3.05) is 6.61 Å². The Morgan fingerprint density at radius 3 is 2.70 bits per heavy atom. The van der Waals surface area contributed by atoms with Crippen LogP contribution in [-0.2, 0) is 4.74 Å². The molecule has 0 aliphatic heterocycles. The smallest absolute Gasteiger partial charge is 0.338 e. The van der Waals surface area contributed by atoms with Gasteiger partial charge in [0.15, 0.2) is 0 Å². The van der Waals surface area contributed by atoms with Gasteiger partial charge in [-0.2, -0.15) is 0 Å². The number of benzene rings is 2. The summed E-state index contributed by atoms with van der Waals surface area (Å²) in [6.45, 7) is 3.65. The maximum atomic E-state index is 11.9. The van der Waals surface area contributed by atoms with Crippen molar-refractivity contribution in [3.05, 3.63) is 64.7 Å². The van der Waals surface area contributed by atoms with Gasteiger partial charge in [0.1, 0.15) is 17.9 Å². The third kappa shape index (κ3) is 3.23. The fraction of sp³-hybridized carbons (Fsp3) is 0.0588. The maximum absolute atomic E-state index is 11.9. The minimum Gasteiger partial charge on any atom is -0.458 e. The number of halogens is 2. The summed E-state index contributed by atoms with van der Waals surface area (Å²) in [5.74, 6) is 0.187. The Hall–Kier alpha value is -2.30. The number of imidazole rings is 1. The lowest BCUT2D eigenvalue weighted by atomic mass is 10.2. The number of hydrogen-bond acceptors (Lipinski definition) is 3. The molecule has 0 spiro atoms. The van der Waals surface area contributed by atoms with E-state index in [2.05, 4.69) is 16.5 Å². The molecule has 6 heteroatoms.